The Morgan fingerprint density at radius 2 is 2.35 bits per heavy atom. The summed E-state index contributed by atoms with van der Waals surface area (Å²) in [6.45, 7) is 0. The predicted octanol–water partition coefficient (Wildman–Crippen LogP) is 1.64. The largest absolute Gasteiger partial charge is 0.478 e. The van der Waals surface area contributed by atoms with Crippen molar-refractivity contribution in [3.05, 3.63) is 40.3 Å². The fourth-order valence-corrected chi connectivity index (χ4v) is 1.90. The molecule has 8 nitrogen and oxygen atoms in total. The van der Waals surface area contributed by atoms with Crippen LogP contribution in [0.2, 0.25) is 0 Å². The number of rotatable bonds is 4. The summed E-state index contributed by atoms with van der Waals surface area (Å²) >= 11 is 3.16. The minimum Gasteiger partial charge on any atom is -0.478 e. The van der Waals surface area contributed by atoms with E-state index in [4.69, 9.17) is 10.4 Å². The number of nitriles is 1. The summed E-state index contributed by atoms with van der Waals surface area (Å²) in [7, 11) is 0. The first-order valence-electron chi connectivity index (χ1n) is 5.25. The summed E-state index contributed by atoms with van der Waals surface area (Å²) in [5.74, 6) is -0.857. The first-order valence-corrected chi connectivity index (χ1v) is 6.04. The second-order valence-electron chi connectivity index (χ2n) is 3.55. The molecule has 0 saturated carbocycles. The maximum absolute atomic E-state index is 10.9. The number of carboxylic acid groups (broad SMARTS) is 1. The van der Waals surface area contributed by atoms with Crippen molar-refractivity contribution in [2.24, 2.45) is 0 Å². The molecular weight excluding hydrogens is 328 g/mol. The number of carbonyl (C=O) groups is 1. The molecule has 0 unspecified atom stereocenters. The van der Waals surface area contributed by atoms with Crippen LogP contribution in [0.5, 0.6) is 0 Å². The molecule has 0 aliphatic heterocycles. The van der Waals surface area contributed by atoms with Crippen molar-refractivity contribution in [3.8, 4) is 6.07 Å². The van der Waals surface area contributed by atoms with Crippen LogP contribution in [0, 0.1) is 11.3 Å². The predicted molar refractivity (Wildman–Crippen MR) is 72.5 cm³/mol. The molecule has 20 heavy (non-hydrogen) atoms. The second kappa shape index (κ2) is 5.94. The van der Waals surface area contributed by atoms with Crippen LogP contribution in [0.25, 0.3) is 5.57 Å². The highest BCUT2D eigenvalue weighted by Gasteiger charge is 2.09. The van der Waals surface area contributed by atoms with Crippen molar-refractivity contribution in [3.63, 3.8) is 0 Å². The number of H-pyrrole nitrogens is 1. The Morgan fingerprint density at radius 3 is 2.90 bits per heavy atom. The van der Waals surface area contributed by atoms with E-state index >= 15 is 0 Å². The number of aromatic amines is 1. The van der Waals surface area contributed by atoms with Gasteiger partial charge < -0.3 is 10.4 Å². The van der Waals surface area contributed by atoms with Crippen molar-refractivity contribution >= 4 is 33.2 Å². The molecule has 0 spiro atoms. The Balaban J connectivity index is 2.21. The Labute approximate surface area is 121 Å². The fourth-order valence-electron chi connectivity index (χ4n) is 1.36. The van der Waals surface area contributed by atoms with Gasteiger partial charge in [-0.15, -0.1) is 10.2 Å². The third-order valence-electron chi connectivity index (χ3n) is 2.29. The third kappa shape index (κ3) is 2.99. The fraction of sp³-hybridized carbons (Fsp3) is 0. The highest BCUT2D eigenvalue weighted by atomic mass is 79.9. The van der Waals surface area contributed by atoms with Crippen molar-refractivity contribution in [2.45, 2.75) is 0 Å². The van der Waals surface area contributed by atoms with Crippen molar-refractivity contribution < 1.29 is 9.90 Å². The van der Waals surface area contributed by atoms with Gasteiger partial charge in [0.1, 0.15) is 11.6 Å². The molecular formula is C11H7BrN6O2. The normalized spacial score (nSPS) is 10.9. The van der Waals surface area contributed by atoms with Gasteiger partial charge >= 0.3 is 5.97 Å². The molecule has 0 saturated heterocycles. The van der Waals surface area contributed by atoms with Gasteiger partial charge in [0.25, 0.3) is 0 Å². The highest BCUT2D eigenvalue weighted by Crippen LogP contribution is 2.22. The van der Waals surface area contributed by atoms with Crippen LogP contribution in [-0.2, 0) is 0 Å². The van der Waals surface area contributed by atoms with Crippen molar-refractivity contribution in [2.75, 3.05) is 5.32 Å². The Kier molecular flexibility index (Phi) is 4.07. The number of carboxylic acids is 1. The minimum absolute atomic E-state index is 0.151. The van der Waals surface area contributed by atoms with E-state index in [1.807, 2.05) is 6.07 Å². The lowest BCUT2D eigenvalue weighted by atomic mass is 10.2. The number of hydrogen-bond acceptors (Lipinski definition) is 6. The maximum Gasteiger partial charge on any atom is 0.336 e. The molecule has 100 valence electrons. The number of aromatic nitrogens is 4. The Bertz CT molecular complexity index is 704. The van der Waals surface area contributed by atoms with Crippen LogP contribution in [0.3, 0.4) is 0 Å². The van der Waals surface area contributed by atoms with Crippen LogP contribution in [0.15, 0.2) is 28.9 Å². The molecule has 0 aliphatic carbocycles. The number of aromatic carboxylic acids is 1. The SMILES string of the molecule is N#CC(=CNc1ccc(C(=O)O)c(Br)c1)c1nn[nH]n1. The number of tetrazole rings is 1. The molecule has 3 N–H and O–H groups in total. The molecule has 0 bridgehead atoms. The zero-order chi connectivity index (χ0) is 14.5. The van der Waals surface area contributed by atoms with Gasteiger partial charge in [-0.05, 0) is 39.3 Å². The molecule has 0 amide bonds. The molecule has 1 aromatic carbocycles. The number of halogens is 1. The quantitative estimate of drug-likeness (QED) is 0.725. The van der Waals surface area contributed by atoms with Gasteiger partial charge in [-0.2, -0.15) is 10.5 Å². The number of nitrogens with one attached hydrogen (secondary N) is 2. The number of nitrogens with zero attached hydrogens (tertiary/aromatic N) is 4. The molecule has 0 radical (unpaired) electrons. The molecule has 2 rings (SSSR count). The van der Waals surface area contributed by atoms with Crippen LogP contribution in [-0.4, -0.2) is 31.7 Å². The van der Waals surface area contributed by atoms with E-state index in [0.717, 1.165) is 0 Å². The molecule has 1 aromatic heterocycles. The minimum atomic E-state index is -1.02. The number of hydrogen-bond donors (Lipinski definition) is 3. The lowest BCUT2D eigenvalue weighted by molar-refractivity contribution is 0.0696. The highest BCUT2D eigenvalue weighted by molar-refractivity contribution is 9.10. The summed E-state index contributed by atoms with van der Waals surface area (Å²) in [4.78, 5) is 10.9. The molecule has 0 aliphatic rings. The van der Waals surface area contributed by atoms with Crippen molar-refractivity contribution in [1.29, 1.82) is 5.26 Å². The molecule has 0 fully saturated rings. The zero-order valence-corrected chi connectivity index (χ0v) is 11.4. The van der Waals surface area contributed by atoms with E-state index in [9.17, 15) is 4.79 Å². The standard InChI is InChI=1S/C11H7BrN6O2/c12-9-3-7(1-2-8(9)11(19)20)14-5-6(4-13)10-15-17-18-16-10/h1-3,5,14H,(H,19,20)(H,15,16,17,18). The number of allylic oxidation sites excluding steroid dienone is 1. The summed E-state index contributed by atoms with van der Waals surface area (Å²) in [6, 6.07) is 6.54. The average Bonchev–Trinajstić information content (AvgIpc) is 2.93. The number of benzene rings is 1. The van der Waals surface area contributed by atoms with E-state index in [0.29, 0.717) is 10.2 Å². The van der Waals surface area contributed by atoms with Gasteiger partial charge in [-0.1, -0.05) is 0 Å². The van der Waals surface area contributed by atoms with E-state index in [1.165, 1.54) is 12.3 Å². The maximum atomic E-state index is 10.9. The Morgan fingerprint density at radius 1 is 1.55 bits per heavy atom. The van der Waals surface area contributed by atoms with Crippen LogP contribution < -0.4 is 5.32 Å². The first-order chi connectivity index (χ1) is 9.61. The molecule has 9 heteroatoms. The topological polar surface area (TPSA) is 128 Å². The van der Waals surface area contributed by atoms with Crippen LogP contribution in [0.1, 0.15) is 16.2 Å². The molecule has 2 aromatic rings. The van der Waals surface area contributed by atoms with Gasteiger partial charge in [0.05, 0.1) is 5.56 Å². The van der Waals surface area contributed by atoms with Gasteiger partial charge in [0.2, 0.25) is 5.82 Å². The zero-order valence-electron chi connectivity index (χ0n) is 9.83. The molecule has 1 heterocycles. The monoisotopic (exact) mass is 334 g/mol. The third-order valence-corrected chi connectivity index (χ3v) is 2.95. The van der Waals surface area contributed by atoms with Gasteiger partial charge in [-0.25, -0.2) is 4.79 Å². The van der Waals surface area contributed by atoms with Crippen molar-refractivity contribution in [1.82, 2.24) is 20.6 Å². The summed E-state index contributed by atoms with van der Waals surface area (Å²) < 4.78 is 0.432. The van der Waals surface area contributed by atoms with Gasteiger partial charge in [0.15, 0.2) is 0 Å². The van der Waals surface area contributed by atoms with Crippen LogP contribution in [0.4, 0.5) is 5.69 Å². The lowest BCUT2D eigenvalue weighted by Crippen LogP contribution is -1.99. The van der Waals surface area contributed by atoms with E-state index in [-0.39, 0.29) is 17.0 Å². The number of anilines is 1. The van der Waals surface area contributed by atoms with Gasteiger partial charge in [0, 0.05) is 16.4 Å². The summed E-state index contributed by atoms with van der Waals surface area (Å²) in [6.07, 6.45) is 1.41. The lowest BCUT2D eigenvalue weighted by Gasteiger charge is -2.04. The van der Waals surface area contributed by atoms with E-state index in [2.05, 4.69) is 41.9 Å². The van der Waals surface area contributed by atoms with E-state index < -0.39 is 5.97 Å². The smallest absolute Gasteiger partial charge is 0.336 e. The Hall–Kier alpha value is -2.73. The van der Waals surface area contributed by atoms with E-state index in [1.54, 1.807) is 12.1 Å². The summed E-state index contributed by atoms with van der Waals surface area (Å²) in [5, 5.41) is 33.7. The first kappa shape index (κ1) is 13.7. The second-order valence-corrected chi connectivity index (χ2v) is 4.40. The van der Waals surface area contributed by atoms with Gasteiger partial charge in [-0.3, -0.25) is 0 Å². The van der Waals surface area contributed by atoms with Crippen LogP contribution >= 0.6 is 15.9 Å². The average molecular weight is 335 g/mol. The summed E-state index contributed by atoms with van der Waals surface area (Å²) in [5.41, 5.74) is 0.952. The molecule has 0 atom stereocenters.